The Kier molecular flexibility index (Phi) is 6.84. The highest BCUT2D eigenvalue weighted by molar-refractivity contribution is 7.89. The molecule has 1 N–H and O–H groups in total. The summed E-state index contributed by atoms with van der Waals surface area (Å²) < 4.78 is 32.2. The number of hydrogen-bond acceptors (Lipinski definition) is 5. The minimum Gasteiger partial charge on any atom is -0.379 e. The molecule has 3 aromatic carbocycles. The van der Waals surface area contributed by atoms with Crippen LogP contribution in [0.5, 0.6) is 0 Å². The first-order valence-corrected chi connectivity index (χ1v) is 11.8. The third kappa shape index (κ3) is 5.16. The zero-order valence-electron chi connectivity index (χ0n) is 17.6. The van der Waals surface area contributed by atoms with Gasteiger partial charge in [-0.25, -0.2) is 8.42 Å². The number of benzene rings is 3. The van der Waals surface area contributed by atoms with Gasteiger partial charge in [0, 0.05) is 18.7 Å². The molecule has 0 aliphatic carbocycles. The Hall–Kier alpha value is -3.20. The monoisotopic (exact) mass is 451 g/mol. The van der Waals surface area contributed by atoms with Crippen LogP contribution in [0.2, 0.25) is 0 Å². The lowest BCUT2D eigenvalue weighted by Crippen LogP contribution is -2.42. The van der Waals surface area contributed by atoms with Crippen molar-refractivity contribution in [3.8, 4) is 0 Å². The highest BCUT2D eigenvalue weighted by Gasteiger charge is 2.26. The summed E-state index contributed by atoms with van der Waals surface area (Å²) >= 11 is 0. The Bertz CT molecular complexity index is 1130. The largest absolute Gasteiger partial charge is 0.379 e. The average Bonchev–Trinajstić information content (AvgIpc) is 2.85. The third-order valence-electron chi connectivity index (χ3n) is 5.21. The Morgan fingerprint density at radius 1 is 0.875 bits per heavy atom. The van der Waals surface area contributed by atoms with Gasteiger partial charge >= 0.3 is 0 Å². The molecule has 1 saturated heterocycles. The molecule has 1 amide bonds. The van der Waals surface area contributed by atoms with Crippen LogP contribution >= 0.6 is 0 Å². The van der Waals surface area contributed by atoms with Crippen molar-refractivity contribution in [1.29, 1.82) is 0 Å². The van der Waals surface area contributed by atoms with Crippen LogP contribution in [0.4, 0.5) is 5.69 Å². The Labute approximate surface area is 188 Å². The van der Waals surface area contributed by atoms with E-state index >= 15 is 0 Å². The minimum absolute atomic E-state index is 0.167. The van der Waals surface area contributed by atoms with Gasteiger partial charge in [-0.3, -0.25) is 15.2 Å². The minimum atomic E-state index is -3.60. The van der Waals surface area contributed by atoms with Gasteiger partial charge in [-0.15, -0.1) is 0 Å². The number of anilines is 1. The Morgan fingerprint density at radius 2 is 1.47 bits per heavy atom. The summed E-state index contributed by atoms with van der Waals surface area (Å²) in [5.41, 5.74) is 5.20. The van der Waals surface area contributed by atoms with Crippen LogP contribution in [0.1, 0.15) is 15.9 Å². The van der Waals surface area contributed by atoms with Gasteiger partial charge in [0.2, 0.25) is 10.0 Å². The van der Waals surface area contributed by atoms with Gasteiger partial charge in [-0.05, 0) is 42.0 Å². The van der Waals surface area contributed by atoms with Crippen molar-refractivity contribution in [3.05, 3.63) is 96.1 Å². The quantitative estimate of drug-likeness (QED) is 0.559. The topological polar surface area (TPSA) is 79.0 Å². The maximum atomic E-state index is 13.0. The number of ether oxygens (including phenoxy) is 1. The van der Waals surface area contributed by atoms with E-state index in [4.69, 9.17) is 4.74 Å². The summed E-state index contributed by atoms with van der Waals surface area (Å²) in [5, 5.41) is 1.77. The summed E-state index contributed by atoms with van der Waals surface area (Å²) in [7, 11) is -3.60. The second kappa shape index (κ2) is 9.95. The van der Waals surface area contributed by atoms with Crippen molar-refractivity contribution < 1.29 is 17.9 Å². The third-order valence-corrected chi connectivity index (χ3v) is 7.13. The number of hydrogen-bond donors (Lipinski definition) is 1. The van der Waals surface area contributed by atoms with E-state index in [1.165, 1.54) is 28.6 Å². The molecule has 0 radical (unpaired) electrons. The number of sulfonamides is 1. The molecule has 1 aliphatic rings. The number of nitrogens with zero attached hydrogens (tertiary/aromatic N) is 2. The fraction of sp³-hybridized carbons (Fsp3) is 0.208. The van der Waals surface area contributed by atoms with Crippen LogP contribution in [-0.2, 0) is 21.3 Å². The van der Waals surface area contributed by atoms with E-state index in [1.54, 1.807) is 5.01 Å². The maximum Gasteiger partial charge on any atom is 0.269 e. The fourth-order valence-corrected chi connectivity index (χ4v) is 4.88. The number of hydrazine groups is 1. The number of nitrogens with one attached hydrogen (secondary N) is 1. The number of carbonyl (C=O) groups excluding carboxylic acids is 1. The molecule has 0 aromatic heterocycles. The Morgan fingerprint density at radius 3 is 2.09 bits per heavy atom. The lowest BCUT2D eigenvalue weighted by atomic mass is 10.2. The zero-order chi connectivity index (χ0) is 22.4. The number of morpholine rings is 1. The molecule has 0 spiro atoms. The number of rotatable bonds is 7. The van der Waals surface area contributed by atoms with Crippen LogP contribution in [0, 0.1) is 0 Å². The lowest BCUT2D eigenvalue weighted by Gasteiger charge is -2.26. The summed E-state index contributed by atoms with van der Waals surface area (Å²) in [6.07, 6.45) is 0. The van der Waals surface area contributed by atoms with Crippen molar-refractivity contribution >= 4 is 21.6 Å². The molecule has 3 aromatic rings. The molecular weight excluding hydrogens is 426 g/mol. The standard InChI is InChI=1S/C24H25N3O4S/c28-24(21-11-13-23(14-12-21)32(29,30)26-15-17-31-18-16-26)25-27(22-9-5-2-6-10-22)19-20-7-3-1-4-8-20/h1-14H,15-19H2,(H,25,28). The van der Waals surface area contributed by atoms with E-state index in [0.29, 0.717) is 38.4 Å². The Balaban J connectivity index is 1.51. The van der Waals surface area contributed by atoms with E-state index in [1.807, 2.05) is 60.7 Å². The maximum absolute atomic E-state index is 13.0. The van der Waals surface area contributed by atoms with E-state index in [-0.39, 0.29) is 10.8 Å². The summed E-state index contributed by atoms with van der Waals surface area (Å²) in [6, 6.07) is 25.4. The molecule has 32 heavy (non-hydrogen) atoms. The normalized spacial score (nSPS) is 14.6. The van der Waals surface area contributed by atoms with E-state index in [0.717, 1.165) is 11.3 Å². The molecule has 4 rings (SSSR count). The van der Waals surface area contributed by atoms with Gasteiger partial charge in [-0.2, -0.15) is 4.31 Å². The first-order chi connectivity index (χ1) is 15.5. The van der Waals surface area contributed by atoms with Crippen molar-refractivity contribution in [2.45, 2.75) is 11.4 Å². The van der Waals surface area contributed by atoms with Crippen molar-refractivity contribution in [3.63, 3.8) is 0 Å². The van der Waals surface area contributed by atoms with Gasteiger partial charge in [0.1, 0.15) is 0 Å². The SMILES string of the molecule is O=C(NN(Cc1ccccc1)c1ccccc1)c1ccc(S(=O)(=O)N2CCOCC2)cc1. The van der Waals surface area contributed by atoms with Crippen molar-refractivity contribution in [2.75, 3.05) is 31.3 Å². The zero-order valence-corrected chi connectivity index (χ0v) is 18.4. The van der Waals surface area contributed by atoms with Gasteiger partial charge in [0.15, 0.2) is 0 Å². The van der Waals surface area contributed by atoms with Gasteiger partial charge in [0.05, 0.1) is 30.3 Å². The van der Waals surface area contributed by atoms with E-state index < -0.39 is 10.0 Å². The summed E-state index contributed by atoms with van der Waals surface area (Å²) in [6.45, 7) is 1.92. The molecule has 0 bridgehead atoms. The molecule has 166 valence electrons. The summed E-state index contributed by atoms with van der Waals surface area (Å²) in [5.74, 6) is -0.319. The first-order valence-electron chi connectivity index (χ1n) is 10.4. The predicted octanol–water partition coefficient (Wildman–Crippen LogP) is 3.06. The molecule has 1 fully saturated rings. The molecular formula is C24H25N3O4S. The van der Waals surface area contributed by atoms with Crippen LogP contribution < -0.4 is 10.4 Å². The number of carbonyl (C=O) groups is 1. The van der Waals surface area contributed by atoms with Crippen LogP contribution in [0.3, 0.4) is 0 Å². The fourth-order valence-electron chi connectivity index (χ4n) is 3.47. The summed E-state index contributed by atoms with van der Waals surface area (Å²) in [4.78, 5) is 13.1. The molecule has 1 heterocycles. The average molecular weight is 452 g/mol. The van der Waals surface area contributed by atoms with Crippen LogP contribution in [-0.4, -0.2) is 44.9 Å². The second-order valence-electron chi connectivity index (χ2n) is 7.39. The number of amides is 1. The highest BCUT2D eigenvalue weighted by atomic mass is 32.2. The lowest BCUT2D eigenvalue weighted by molar-refractivity contribution is 0.0730. The van der Waals surface area contributed by atoms with E-state index in [9.17, 15) is 13.2 Å². The molecule has 8 heteroatoms. The van der Waals surface area contributed by atoms with Crippen LogP contribution in [0.25, 0.3) is 0 Å². The smallest absolute Gasteiger partial charge is 0.269 e. The molecule has 0 atom stereocenters. The molecule has 1 aliphatic heterocycles. The molecule has 7 nitrogen and oxygen atoms in total. The van der Waals surface area contributed by atoms with Gasteiger partial charge in [-0.1, -0.05) is 48.5 Å². The van der Waals surface area contributed by atoms with E-state index in [2.05, 4.69) is 5.43 Å². The molecule has 0 saturated carbocycles. The van der Waals surface area contributed by atoms with Gasteiger partial charge in [0.25, 0.3) is 5.91 Å². The van der Waals surface area contributed by atoms with Gasteiger partial charge < -0.3 is 4.74 Å². The predicted molar refractivity (Wildman–Crippen MR) is 123 cm³/mol. The second-order valence-corrected chi connectivity index (χ2v) is 9.33. The van der Waals surface area contributed by atoms with Crippen molar-refractivity contribution in [1.82, 2.24) is 9.73 Å². The highest BCUT2D eigenvalue weighted by Crippen LogP contribution is 2.19. The number of para-hydroxylation sites is 1. The first kappa shape index (κ1) is 22.0. The van der Waals surface area contributed by atoms with Crippen LogP contribution in [0.15, 0.2) is 89.8 Å². The molecule has 0 unspecified atom stereocenters. The van der Waals surface area contributed by atoms with Crippen molar-refractivity contribution in [2.24, 2.45) is 0 Å².